The van der Waals surface area contributed by atoms with Crippen LogP contribution in [0.1, 0.15) is 28.8 Å². The normalized spacial score (nSPS) is 13.8. The number of aryl methyl sites for hydroxylation is 3. The molecule has 2 aromatic heterocycles. The molecule has 0 saturated carbocycles. The van der Waals surface area contributed by atoms with Crippen molar-refractivity contribution in [1.82, 2.24) is 15.2 Å². The maximum atomic E-state index is 5.79. The van der Waals surface area contributed by atoms with Crippen LogP contribution in [0.3, 0.4) is 0 Å². The van der Waals surface area contributed by atoms with Gasteiger partial charge in [0.15, 0.2) is 5.01 Å². The number of aromatic nitrogens is 3. The molecule has 2 heterocycles. The highest BCUT2D eigenvalue weighted by molar-refractivity contribution is 7.18. The van der Waals surface area contributed by atoms with Crippen molar-refractivity contribution < 1.29 is 0 Å². The second kappa shape index (κ2) is 4.49. The summed E-state index contributed by atoms with van der Waals surface area (Å²) in [7, 11) is 0. The van der Waals surface area contributed by atoms with Gasteiger partial charge in [-0.3, -0.25) is 4.98 Å². The van der Waals surface area contributed by atoms with E-state index in [4.69, 9.17) is 10.7 Å². The van der Waals surface area contributed by atoms with Gasteiger partial charge in [0.1, 0.15) is 0 Å². The van der Waals surface area contributed by atoms with Gasteiger partial charge in [-0.2, -0.15) is 0 Å². The molecular weight excluding hydrogens is 280 g/mol. The first-order chi connectivity index (χ1) is 10.1. The number of rotatable bonds is 1. The first-order valence-electron chi connectivity index (χ1n) is 7.15. The number of benzene rings is 1. The van der Waals surface area contributed by atoms with E-state index in [-0.39, 0.29) is 0 Å². The molecule has 4 rings (SSSR count). The van der Waals surface area contributed by atoms with Crippen LogP contribution in [0.25, 0.3) is 21.5 Å². The van der Waals surface area contributed by atoms with Crippen LogP contribution < -0.4 is 5.73 Å². The van der Waals surface area contributed by atoms with Crippen LogP contribution in [0.15, 0.2) is 12.1 Å². The highest BCUT2D eigenvalue weighted by Crippen LogP contribution is 2.39. The fourth-order valence-corrected chi connectivity index (χ4v) is 3.99. The lowest BCUT2D eigenvalue weighted by molar-refractivity contribution is 0.901. The van der Waals surface area contributed by atoms with E-state index < -0.39 is 0 Å². The first kappa shape index (κ1) is 12.7. The van der Waals surface area contributed by atoms with Gasteiger partial charge in [0.2, 0.25) is 5.13 Å². The Morgan fingerprint density at radius 1 is 1.14 bits per heavy atom. The van der Waals surface area contributed by atoms with Gasteiger partial charge in [-0.1, -0.05) is 23.0 Å². The Morgan fingerprint density at radius 3 is 2.76 bits per heavy atom. The summed E-state index contributed by atoms with van der Waals surface area (Å²) in [5.74, 6) is 0. The average Bonchev–Trinajstić information content (AvgIpc) is 3.05. The largest absolute Gasteiger partial charge is 0.374 e. The molecule has 0 bridgehead atoms. The van der Waals surface area contributed by atoms with Crippen molar-refractivity contribution in [2.75, 3.05) is 5.73 Å². The molecule has 3 aromatic rings. The standard InChI is InChI=1S/C16H16N4S/c1-8-6-9(2)14-11(7-8)13(15-19-20-16(17)21-15)10-4-3-5-12(10)18-14/h6-7H,3-5H2,1-2H3,(H2,17,20). The molecule has 106 valence electrons. The van der Waals surface area contributed by atoms with E-state index in [2.05, 4.69) is 36.2 Å². The van der Waals surface area contributed by atoms with Crippen LogP contribution in [0.4, 0.5) is 5.13 Å². The quantitative estimate of drug-likeness (QED) is 0.747. The molecule has 0 aliphatic heterocycles. The maximum absolute atomic E-state index is 5.79. The first-order valence-corrected chi connectivity index (χ1v) is 7.97. The monoisotopic (exact) mass is 296 g/mol. The third kappa shape index (κ3) is 1.92. The van der Waals surface area contributed by atoms with E-state index in [0.717, 1.165) is 29.8 Å². The number of pyridine rings is 1. The molecule has 0 spiro atoms. The van der Waals surface area contributed by atoms with Crippen molar-refractivity contribution in [2.24, 2.45) is 0 Å². The molecule has 1 aromatic carbocycles. The second-order valence-corrected chi connectivity index (χ2v) is 6.70. The zero-order valence-corrected chi connectivity index (χ0v) is 12.9. The number of nitrogens with two attached hydrogens (primary N) is 1. The SMILES string of the molecule is Cc1cc(C)c2nc3c(c(-c4nnc(N)s4)c2c1)CCC3. The Labute approximate surface area is 127 Å². The Kier molecular flexibility index (Phi) is 2.72. The smallest absolute Gasteiger partial charge is 0.203 e. The molecule has 1 aliphatic carbocycles. The molecule has 1 aliphatic rings. The third-order valence-corrected chi connectivity index (χ3v) is 4.88. The van der Waals surface area contributed by atoms with Crippen molar-refractivity contribution >= 4 is 27.4 Å². The van der Waals surface area contributed by atoms with Gasteiger partial charge in [-0.15, -0.1) is 10.2 Å². The number of anilines is 1. The predicted octanol–water partition coefficient (Wildman–Crippen LogP) is 3.44. The van der Waals surface area contributed by atoms with Crippen LogP contribution in [0, 0.1) is 13.8 Å². The molecule has 21 heavy (non-hydrogen) atoms. The van der Waals surface area contributed by atoms with E-state index in [9.17, 15) is 0 Å². The van der Waals surface area contributed by atoms with Crippen molar-refractivity contribution in [3.8, 4) is 10.6 Å². The summed E-state index contributed by atoms with van der Waals surface area (Å²) in [6.45, 7) is 4.25. The Balaban J connectivity index is 2.16. The fourth-order valence-electron chi connectivity index (χ4n) is 3.30. The molecule has 2 N–H and O–H groups in total. The summed E-state index contributed by atoms with van der Waals surface area (Å²) in [6, 6.07) is 4.40. The molecule has 0 unspecified atom stereocenters. The predicted molar refractivity (Wildman–Crippen MR) is 86.6 cm³/mol. The molecule has 0 fully saturated rings. The minimum atomic E-state index is 0.520. The van der Waals surface area contributed by atoms with Crippen molar-refractivity contribution in [3.05, 3.63) is 34.5 Å². The maximum Gasteiger partial charge on any atom is 0.203 e. The Morgan fingerprint density at radius 2 is 2.00 bits per heavy atom. The fraction of sp³-hybridized carbons (Fsp3) is 0.312. The van der Waals surface area contributed by atoms with Gasteiger partial charge >= 0.3 is 0 Å². The van der Waals surface area contributed by atoms with Crippen molar-refractivity contribution in [1.29, 1.82) is 0 Å². The number of hydrogen-bond acceptors (Lipinski definition) is 5. The van der Waals surface area contributed by atoms with Gasteiger partial charge in [0.05, 0.1) is 5.52 Å². The third-order valence-electron chi connectivity index (χ3n) is 4.11. The van der Waals surface area contributed by atoms with E-state index in [0.29, 0.717) is 5.13 Å². The van der Waals surface area contributed by atoms with E-state index in [1.165, 1.54) is 44.7 Å². The molecule has 0 saturated heterocycles. The molecule has 5 heteroatoms. The minimum absolute atomic E-state index is 0.520. The van der Waals surface area contributed by atoms with Gasteiger partial charge in [0, 0.05) is 16.6 Å². The summed E-state index contributed by atoms with van der Waals surface area (Å²) in [4.78, 5) is 4.91. The number of nitrogen functional groups attached to an aromatic ring is 1. The van der Waals surface area contributed by atoms with Crippen LogP contribution in [0.2, 0.25) is 0 Å². The van der Waals surface area contributed by atoms with Crippen LogP contribution in [-0.2, 0) is 12.8 Å². The lowest BCUT2D eigenvalue weighted by atomic mass is 9.98. The van der Waals surface area contributed by atoms with Gasteiger partial charge in [0.25, 0.3) is 0 Å². The second-order valence-electron chi connectivity index (χ2n) is 5.69. The van der Waals surface area contributed by atoms with Gasteiger partial charge < -0.3 is 5.73 Å². The van der Waals surface area contributed by atoms with Crippen LogP contribution >= 0.6 is 11.3 Å². The van der Waals surface area contributed by atoms with Crippen molar-refractivity contribution in [3.63, 3.8) is 0 Å². The van der Waals surface area contributed by atoms with Crippen molar-refractivity contribution in [2.45, 2.75) is 33.1 Å². The van der Waals surface area contributed by atoms with Gasteiger partial charge in [-0.05, 0) is 50.3 Å². The van der Waals surface area contributed by atoms with Crippen LogP contribution in [-0.4, -0.2) is 15.2 Å². The minimum Gasteiger partial charge on any atom is -0.374 e. The van der Waals surface area contributed by atoms with E-state index >= 15 is 0 Å². The highest BCUT2D eigenvalue weighted by Gasteiger charge is 2.23. The van der Waals surface area contributed by atoms with E-state index in [1.807, 2.05) is 0 Å². The topological polar surface area (TPSA) is 64.7 Å². The Bertz CT molecular complexity index is 866. The van der Waals surface area contributed by atoms with Crippen LogP contribution in [0.5, 0.6) is 0 Å². The number of fused-ring (bicyclic) bond motifs is 2. The summed E-state index contributed by atoms with van der Waals surface area (Å²) < 4.78 is 0. The number of nitrogens with zero attached hydrogens (tertiary/aromatic N) is 3. The zero-order valence-electron chi connectivity index (χ0n) is 12.1. The molecule has 0 amide bonds. The summed E-state index contributed by atoms with van der Waals surface area (Å²) in [5.41, 5.74) is 13.1. The van der Waals surface area contributed by atoms with E-state index in [1.54, 1.807) is 0 Å². The molecule has 0 radical (unpaired) electrons. The zero-order chi connectivity index (χ0) is 14.6. The summed E-state index contributed by atoms with van der Waals surface area (Å²) in [6.07, 6.45) is 3.29. The molecule has 0 atom stereocenters. The van der Waals surface area contributed by atoms with Gasteiger partial charge in [-0.25, -0.2) is 0 Å². The lowest BCUT2D eigenvalue weighted by Gasteiger charge is -2.12. The Hall–Kier alpha value is -2.01. The number of hydrogen-bond donors (Lipinski definition) is 1. The summed E-state index contributed by atoms with van der Waals surface area (Å²) in [5, 5.41) is 10.9. The highest BCUT2D eigenvalue weighted by atomic mass is 32.1. The molecular formula is C16H16N4S. The summed E-state index contributed by atoms with van der Waals surface area (Å²) >= 11 is 1.46. The average molecular weight is 296 g/mol. The lowest BCUT2D eigenvalue weighted by Crippen LogP contribution is -1.97. The molecule has 4 nitrogen and oxygen atoms in total.